The van der Waals surface area contributed by atoms with E-state index in [2.05, 4.69) is 25.9 Å². The van der Waals surface area contributed by atoms with Crippen LogP contribution in [0.2, 0.25) is 0 Å². The summed E-state index contributed by atoms with van der Waals surface area (Å²) in [6, 6.07) is 1.84. The van der Waals surface area contributed by atoms with E-state index in [-0.39, 0.29) is 6.03 Å². The van der Waals surface area contributed by atoms with Gasteiger partial charge in [-0.15, -0.1) is 0 Å². The van der Waals surface area contributed by atoms with E-state index in [1.165, 1.54) is 6.39 Å². The molecule has 0 spiro atoms. The zero-order chi connectivity index (χ0) is 13.2. The molecule has 3 heterocycles. The monoisotopic (exact) mass is 322 g/mol. The summed E-state index contributed by atoms with van der Waals surface area (Å²) < 4.78 is 5.76. The second-order valence-corrected chi connectivity index (χ2v) is 5.11. The smallest absolute Gasteiger partial charge is 0.325 e. The van der Waals surface area contributed by atoms with Crippen molar-refractivity contribution in [3.8, 4) is 0 Å². The Morgan fingerprint density at radius 3 is 3.00 bits per heavy atom. The summed E-state index contributed by atoms with van der Waals surface area (Å²) in [4.78, 5) is 23.8. The Labute approximate surface area is 118 Å². The summed E-state index contributed by atoms with van der Waals surface area (Å²) in [5.74, 6) is 0. The molecule has 0 aliphatic carbocycles. The summed E-state index contributed by atoms with van der Waals surface area (Å²) in [5, 5.41) is 0. The summed E-state index contributed by atoms with van der Waals surface area (Å²) in [6.07, 6.45) is 6.29. The van der Waals surface area contributed by atoms with Gasteiger partial charge in [0.05, 0.1) is 24.1 Å². The third-order valence-electron chi connectivity index (χ3n) is 2.93. The highest BCUT2D eigenvalue weighted by Gasteiger charge is 2.30. The quantitative estimate of drug-likeness (QED) is 0.869. The molecule has 3 rings (SSSR count). The third-order valence-corrected chi connectivity index (χ3v) is 3.37. The minimum Gasteiger partial charge on any atom is -0.451 e. The maximum atomic E-state index is 12.3. The molecule has 98 valence electrons. The van der Waals surface area contributed by atoms with Crippen molar-refractivity contribution in [2.75, 3.05) is 18.0 Å². The molecule has 2 aromatic heterocycles. The lowest BCUT2D eigenvalue weighted by molar-refractivity contribution is 0.218. The molecule has 0 atom stereocenters. The first kappa shape index (κ1) is 12.2. The number of hydrogen-bond donors (Lipinski definition) is 0. The second kappa shape index (κ2) is 5.00. The van der Waals surface area contributed by atoms with Crippen LogP contribution in [-0.2, 0) is 6.54 Å². The molecule has 0 saturated carbocycles. The fourth-order valence-electron chi connectivity index (χ4n) is 2.03. The van der Waals surface area contributed by atoms with E-state index in [0.717, 1.165) is 15.9 Å². The van der Waals surface area contributed by atoms with Gasteiger partial charge in [0.2, 0.25) is 0 Å². The Kier molecular flexibility index (Phi) is 3.20. The molecule has 1 aliphatic heterocycles. The maximum Gasteiger partial charge on any atom is 0.325 e. The van der Waals surface area contributed by atoms with Crippen LogP contribution < -0.4 is 4.90 Å². The van der Waals surface area contributed by atoms with Gasteiger partial charge in [0.15, 0.2) is 6.39 Å². The lowest BCUT2D eigenvalue weighted by Gasteiger charge is -2.17. The number of urea groups is 1. The maximum absolute atomic E-state index is 12.3. The first-order valence-electron chi connectivity index (χ1n) is 5.78. The van der Waals surface area contributed by atoms with Crippen LogP contribution in [0.1, 0.15) is 5.69 Å². The van der Waals surface area contributed by atoms with E-state index in [0.29, 0.717) is 19.6 Å². The number of amides is 2. The number of anilines is 1. The number of pyridine rings is 1. The van der Waals surface area contributed by atoms with Gasteiger partial charge in [-0.3, -0.25) is 9.88 Å². The zero-order valence-electron chi connectivity index (χ0n) is 9.99. The molecule has 6 nitrogen and oxygen atoms in total. The Bertz CT molecular complexity index is 587. The van der Waals surface area contributed by atoms with E-state index >= 15 is 0 Å². The number of aromatic nitrogens is 2. The Morgan fingerprint density at radius 2 is 2.26 bits per heavy atom. The predicted molar refractivity (Wildman–Crippen MR) is 71.6 cm³/mol. The number of carbonyl (C=O) groups excluding carboxylic acids is 1. The topological polar surface area (TPSA) is 62.5 Å². The van der Waals surface area contributed by atoms with Crippen molar-refractivity contribution in [1.29, 1.82) is 0 Å². The first-order chi connectivity index (χ1) is 9.24. The third kappa shape index (κ3) is 2.46. The highest BCUT2D eigenvalue weighted by molar-refractivity contribution is 9.10. The number of hydrogen-bond acceptors (Lipinski definition) is 4. The fourth-order valence-corrected chi connectivity index (χ4v) is 2.38. The largest absolute Gasteiger partial charge is 0.451 e. The number of carbonyl (C=O) groups is 1. The van der Waals surface area contributed by atoms with Crippen molar-refractivity contribution in [3.05, 3.63) is 41.3 Å². The average Bonchev–Trinajstić information content (AvgIpc) is 3.01. The van der Waals surface area contributed by atoms with Crippen LogP contribution in [0, 0.1) is 0 Å². The molecule has 2 aromatic rings. The van der Waals surface area contributed by atoms with Crippen LogP contribution in [0.5, 0.6) is 0 Å². The zero-order valence-corrected chi connectivity index (χ0v) is 11.6. The standard InChI is InChI=1S/C12H11BrN4O2/c13-9-3-11(5-14-4-9)17-2-1-16(12(17)18)6-10-7-19-8-15-10/h3-5,7-8H,1-2,6H2. The Hall–Kier alpha value is -1.89. The molecule has 1 aliphatic rings. The van der Waals surface area contributed by atoms with Crippen LogP contribution in [0.4, 0.5) is 10.5 Å². The molecule has 0 aromatic carbocycles. The van der Waals surface area contributed by atoms with Crippen molar-refractivity contribution < 1.29 is 9.21 Å². The van der Waals surface area contributed by atoms with Gasteiger partial charge in [0.25, 0.3) is 0 Å². The van der Waals surface area contributed by atoms with Crippen LogP contribution in [0.15, 0.2) is 40.0 Å². The Morgan fingerprint density at radius 1 is 1.37 bits per heavy atom. The molecule has 1 fully saturated rings. The van der Waals surface area contributed by atoms with Crippen molar-refractivity contribution >= 4 is 27.6 Å². The minimum atomic E-state index is -0.0390. The van der Waals surface area contributed by atoms with Crippen molar-refractivity contribution in [2.45, 2.75) is 6.54 Å². The van der Waals surface area contributed by atoms with Gasteiger partial charge in [-0.25, -0.2) is 9.78 Å². The predicted octanol–water partition coefficient (Wildman–Crippen LogP) is 2.27. The number of nitrogens with zero attached hydrogens (tertiary/aromatic N) is 4. The fraction of sp³-hybridized carbons (Fsp3) is 0.250. The normalized spacial score (nSPS) is 15.3. The van der Waals surface area contributed by atoms with Gasteiger partial charge in [0, 0.05) is 23.8 Å². The van der Waals surface area contributed by atoms with Gasteiger partial charge in [0.1, 0.15) is 6.26 Å². The van der Waals surface area contributed by atoms with Crippen molar-refractivity contribution in [2.24, 2.45) is 0 Å². The molecular weight excluding hydrogens is 312 g/mol. The summed E-state index contributed by atoms with van der Waals surface area (Å²) in [7, 11) is 0. The van der Waals surface area contributed by atoms with E-state index in [1.807, 2.05) is 6.07 Å². The van der Waals surface area contributed by atoms with Crippen molar-refractivity contribution in [1.82, 2.24) is 14.9 Å². The van der Waals surface area contributed by atoms with Crippen LogP contribution in [0.25, 0.3) is 0 Å². The number of halogens is 1. The van der Waals surface area contributed by atoms with Gasteiger partial charge in [-0.2, -0.15) is 0 Å². The van der Waals surface area contributed by atoms with Crippen molar-refractivity contribution in [3.63, 3.8) is 0 Å². The second-order valence-electron chi connectivity index (χ2n) is 4.20. The van der Waals surface area contributed by atoms with E-state index in [1.54, 1.807) is 28.5 Å². The Balaban J connectivity index is 1.75. The lowest BCUT2D eigenvalue weighted by atomic mass is 10.4. The van der Waals surface area contributed by atoms with E-state index in [4.69, 9.17) is 4.42 Å². The van der Waals surface area contributed by atoms with E-state index < -0.39 is 0 Å². The lowest BCUT2D eigenvalue weighted by Crippen LogP contribution is -2.31. The minimum absolute atomic E-state index is 0.0390. The summed E-state index contributed by atoms with van der Waals surface area (Å²) in [5.41, 5.74) is 1.55. The van der Waals surface area contributed by atoms with Crippen LogP contribution >= 0.6 is 15.9 Å². The molecule has 7 heteroatoms. The van der Waals surface area contributed by atoms with Gasteiger partial charge in [-0.05, 0) is 22.0 Å². The summed E-state index contributed by atoms with van der Waals surface area (Å²) >= 11 is 3.36. The van der Waals surface area contributed by atoms with Gasteiger partial charge < -0.3 is 9.32 Å². The molecule has 0 bridgehead atoms. The molecule has 0 unspecified atom stereocenters. The number of oxazole rings is 1. The van der Waals surface area contributed by atoms with Crippen LogP contribution in [0.3, 0.4) is 0 Å². The molecule has 1 saturated heterocycles. The van der Waals surface area contributed by atoms with Crippen LogP contribution in [-0.4, -0.2) is 34.0 Å². The summed E-state index contributed by atoms with van der Waals surface area (Å²) in [6.45, 7) is 1.78. The van der Waals surface area contributed by atoms with Gasteiger partial charge >= 0.3 is 6.03 Å². The number of rotatable bonds is 3. The molecular formula is C12H11BrN4O2. The average molecular weight is 323 g/mol. The van der Waals surface area contributed by atoms with E-state index in [9.17, 15) is 4.79 Å². The first-order valence-corrected chi connectivity index (χ1v) is 6.57. The molecule has 2 amide bonds. The highest BCUT2D eigenvalue weighted by Crippen LogP contribution is 2.23. The highest BCUT2D eigenvalue weighted by atomic mass is 79.9. The molecule has 0 N–H and O–H groups in total. The molecule has 0 radical (unpaired) electrons. The molecule has 19 heavy (non-hydrogen) atoms. The van der Waals surface area contributed by atoms with Gasteiger partial charge in [-0.1, -0.05) is 0 Å². The SMILES string of the molecule is O=C1N(Cc2cocn2)CCN1c1cncc(Br)c1.